The van der Waals surface area contributed by atoms with Crippen molar-refractivity contribution in [2.75, 3.05) is 0 Å². The lowest BCUT2D eigenvalue weighted by atomic mass is 10.4. The van der Waals surface area contributed by atoms with Crippen molar-refractivity contribution in [3.05, 3.63) is 23.8 Å². The molecule has 0 unspecified atom stereocenters. The molecule has 0 saturated carbocycles. The predicted octanol–water partition coefficient (Wildman–Crippen LogP) is 0.483. The highest BCUT2D eigenvalue weighted by Gasteiger charge is 2.03. The standard InChI is InChI=1S/C6H6N2O2/c1-4-2-3-7-5(8-4)6(9)10/h2-3H,1H3,(H,9,10). The van der Waals surface area contributed by atoms with Gasteiger partial charge in [-0.2, -0.15) is 0 Å². The fraction of sp³-hybridized carbons (Fsp3) is 0.167. The maximum Gasteiger partial charge on any atom is 0.373 e. The Labute approximate surface area is 57.6 Å². The monoisotopic (exact) mass is 138 g/mol. The molecule has 4 heteroatoms. The van der Waals surface area contributed by atoms with Crippen LogP contribution in [0, 0.1) is 6.92 Å². The molecule has 0 fully saturated rings. The second-order valence-electron chi connectivity index (χ2n) is 1.83. The van der Waals surface area contributed by atoms with Crippen molar-refractivity contribution in [3.8, 4) is 0 Å². The summed E-state index contributed by atoms with van der Waals surface area (Å²) in [6, 6.07) is 1.65. The van der Waals surface area contributed by atoms with Gasteiger partial charge in [-0.15, -0.1) is 0 Å². The number of aromatic nitrogens is 2. The minimum atomic E-state index is -1.09. The topological polar surface area (TPSA) is 63.1 Å². The Morgan fingerprint density at radius 3 is 2.80 bits per heavy atom. The molecule has 0 atom stereocenters. The molecular formula is C6H6N2O2. The van der Waals surface area contributed by atoms with E-state index in [-0.39, 0.29) is 5.82 Å². The lowest BCUT2D eigenvalue weighted by Crippen LogP contribution is -2.03. The van der Waals surface area contributed by atoms with Crippen LogP contribution in [0.5, 0.6) is 0 Å². The van der Waals surface area contributed by atoms with Crippen LogP contribution in [0.25, 0.3) is 0 Å². The van der Waals surface area contributed by atoms with Gasteiger partial charge in [0.25, 0.3) is 0 Å². The van der Waals surface area contributed by atoms with Crippen molar-refractivity contribution < 1.29 is 9.90 Å². The highest BCUT2D eigenvalue weighted by Crippen LogP contribution is 1.91. The largest absolute Gasteiger partial charge is 0.475 e. The van der Waals surface area contributed by atoms with Crippen LogP contribution in [-0.4, -0.2) is 21.0 Å². The number of aromatic carboxylic acids is 1. The van der Waals surface area contributed by atoms with Gasteiger partial charge in [-0.1, -0.05) is 0 Å². The number of rotatable bonds is 1. The average Bonchev–Trinajstić information content (AvgIpc) is 1.88. The molecule has 0 aliphatic rings. The minimum absolute atomic E-state index is 0.153. The molecule has 1 aromatic rings. The first kappa shape index (κ1) is 6.67. The summed E-state index contributed by atoms with van der Waals surface area (Å²) in [5.74, 6) is -1.25. The van der Waals surface area contributed by atoms with Crippen LogP contribution in [0.4, 0.5) is 0 Å². The molecule has 0 aromatic carbocycles. The third-order valence-corrected chi connectivity index (χ3v) is 0.986. The molecule has 4 nitrogen and oxygen atoms in total. The first-order valence-electron chi connectivity index (χ1n) is 2.73. The van der Waals surface area contributed by atoms with Crippen LogP contribution in [0.1, 0.15) is 16.3 Å². The Morgan fingerprint density at radius 1 is 1.70 bits per heavy atom. The van der Waals surface area contributed by atoms with E-state index in [4.69, 9.17) is 5.11 Å². The van der Waals surface area contributed by atoms with Crippen LogP contribution in [0.2, 0.25) is 0 Å². The van der Waals surface area contributed by atoms with Gasteiger partial charge in [-0.25, -0.2) is 14.8 Å². The van der Waals surface area contributed by atoms with Gasteiger partial charge in [0.15, 0.2) is 0 Å². The summed E-state index contributed by atoms with van der Waals surface area (Å²) in [6.07, 6.45) is 1.42. The van der Waals surface area contributed by atoms with Gasteiger partial charge in [-0.3, -0.25) is 0 Å². The number of carbonyl (C=O) groups is 1. The number of hydrogen-bond acceptors (Lipinski definition) is 3. The molecule has 52 valence electrons. The number of carboxylic acids is 1. The first-order chi connectivity index (χ1) is 4.70. The van der Waals surface area contributed by atoms with E-state index in [0.29, 0.717) is 5.69 Å². The minimum Gasteiger partial charge on any atom is -0.475 e. The Morgan fingerprint density at radius 2 is 2.40 bits per heavy atom. The fourth-order valence-electron chi connectivity index (χ4n) is 0.552. The molecule has 0 radical (unpaired) electrons. The van der Waals surface area contributed by atoms with E-state index in [2.05, 4.69) is 9.97 Å². The highest BCUT2D eigenvalue weighted by atomic mass is 16.4. The Kier molecular flexibility index (Phi) is 1.62. The quantitative estimate of drug-likeness (QED) is 0.613. The van der Waals surface area contributed by atoms with Gasteiger partial charge in [-0.05, 0) is 13.0 Å². The summed E-state index contributed by atoms with van der Waals surface area (Å²) in [5, 5.41) is 8.38. The summed E-state index contributed by atoms with van der Waals surface area (Å²) in [4.78, 5) is 17.4. The normalized spacial score (nSPS) is 9.30. The maximum atomic E-state index is 10.2. The molecule has 0 amide bonds. The van der Waals surface area contributed by atoms with Crippen LogP contribution in [0.15, 0.2) is 12.3 Å². The molecule has 1 aromatic heterocycles. The molecule has 0 saturated heterocycles. The first-order valence-corrected chi connectivity index (χ1v) is 2.73. The lowest BCUT2D eigenvalue weighted by molar-refractivity contribution is 0.0683. The lowest BCUT2D eigenvalue weighted by Gasteiger charge is -1.91. The summed E-state index contributed by atoms with van der Waals surface area (Å²) >= 11 is 0. The van der Waals surface area contributed by atoms with Crippen molar-refractivity contribution in [2.24, 2.45) is 0 Å². The summed E-state index contributed by atoms with van der Waals surface area (Å²) in [6.45, 7) is 1.72. The molecule has 1 rings (SSSR count). The van der Waals surface area contributed by atoms with E-state index in [1.165, 1.54) is 6.20 Å². The highest BCUT2D eigenvalue weighted by molar-refractivity contribution is 5.82. The molecule has 0 aliphatic carbocycles. The van der Waals surface area contributed by atoms with E-state index in [1.54, 1.807) is 13.0 Å². The zero-order chi connectivity index (χ0) is 7.56. The summed E-state index contributed by atoms with van der Waals surface area (Å²) < 4.78 is 0. The predicted molar refractivity (Wildman–Crippen MR) is 33.7 cm³/mol. The zero-order valence-corrected chi connectivity index (χ0v) is 5.40. The second kappa shape index (κ2) is 2.43. The number of nitrogens with zero attached hydrogens (tertiary/aromatic N) is 2. The van der Waals surface area contributed by atoms with E-state index in [1.807, 2.05) is 0 Å². The summed E-state index contributed by atoms with van der Waals surface area (Å²) in [5.41, 5.74) is 0.660. The van der Waals surface area contributed by atoms with Gasteiger partial charge in [0, 0.05) is 11.9 Å². The summed E-state index contributed by atoms with van der Waals surface area (Å²) in [7, 11) is 0. The molecule has 0 spiro atoms. The number of carboxylic acid groups (broad SMARTS) is 1. The van der Waals surface area contributed by atoms with E-state index in [9.17, 15) is 4.79 Å². The Hall–Kier alpha value is -1.45. The number of hydrogen-bond donors (Lipinski definition) is 1. The van der Waals surface area contributed by atoms with Crippen molar-refractivity contribution in [1.82, 2.24) is 9.97 Å². The van der Waals surface area contributed by atoms with Crippen LogP contribution in [-0.2, 0) is 0 Å². The number of aryl methyl sites for hydroxylation is 1. The van der Waals surface area contributed by atoms with Crippen molar-refractivity contribution in [1.29, 1.82) is 0 Å². The van der Waals surface area contributed by atoms with Crippen molar-refractivity contribution in [2.45, 2.75) is 6.92 Å². The molecule has 0 aliphatic heterocycles. The third kappa shape index (κ3) is 1.28. The Balaban J connectivity index is 3.07. The molecule has 0 bridgehead atoms. The van der Waals surface area contributed by atoms with E-state index in [0.717, 1.165) is 0 Å². The van der Waals surface area contributed by atoms with Gasteiger partial charge >= 0.3 is 5.97 Å². The Bertz CT molecular complexity index is 260. The van der Waals surface area contributed by atoms with Crippen LogP contribution in [0.3, 0.4) is 0 Å². The maximum absolute atomic E-state index is 10.2. The SMILES string of the molecule is Cc1ccnc(C(=O)O)n1. The fourth-order valence-corrected chi connectivity index (χ4v) is 0.552. The second-order valence-corrected chi connectivity index (χ2v) is 1.83. The van der Waals surface area contributed by atoms with Crippen molar-refractivity contribution >= 4 is 5.97 Å². The third-order valence-electron chi connectivity index (χ3n) is 0.986. The van der Waals surface area contributed by atoms with E-state index < -0.39 is 5.97 Å². The van der Waals surface area contributed by atoms with Gasteiger partial charge < -0.3 is 5.11 Å². The molecule has 10 heavy (non-hydrogen) atoms. The van der Waals surface area contributed by atoms with Crippen LogP contribution < -0.4 is 0 Å². The van der Waals surface area contributed by atoms with Gasteiger partial charge in [0.05, 0.1) is 0 Å². The van der Waals surface area contributed by atoms with Crippen molar-refractivity contribution in [3.63, 3.8) is 0 Å². The van der Waals surface area contributed by atoms with Gasteiger partial charge in [0.1, 0.15) is 0 Å². The zero-order valence-electron chi connectivity index (χ0n) is 5.40. The van der Waals surface area contributed by atoms with E-state index >= 15 is 0 Å². The smallest absolute Gasteiger partial charge is 0.373 e. The average molecular weight is 138 g/mol. The van der Waals surface area contributed by atoms with Gasteiger partial charge in [0.2, 0.25) is 5.82 Å². The molecule has 1 N–H and O–H groups in total. The van der Waals surface area contributed by atoms with Crippen LogP contribution >= 0.6 is 0 Å². The molecule has 1 heterocycles. The molecular weight excluding hydrogens is 132 g/mol.